The molecule has 2 aliphatic rings. The van der Waals surface area contributed by atoms with E-state index in [0.29, 0.717) is 17.2 Å². The van der Waals surface area contributed by atoms with Crippen molar-refractivity contribution in [3.05, 3.63) is 33.7 Å². The Hall–Kier alpha value is -1.38. The topological polar surface area (TPSA) is 69.6 Å². The van der Waals surface area contributed by atoms with Crippen LogP contribution in [-0.2, 0) is 16.0 Å². The van der Waals surface area contributed by atoms with Crippen molar-refractivity contribution in [1.29, 1.82) is 0 Å². The maximum Gasteiger partial charge on any atom is 0.352 e. The van der Waals surface area contributed by atoms with Crippen LogP contribution in [0, 0.1) is 0 Å². The second-order valence-electron chi connectivity index (χ2n) is 5.15. The van der Waals surface area contributed by atoms with Gasteiger partial charge in [-0.3, -0.25) is 4.79 Å². The number of carbonyl (C=O) groups is 2. The minimum Gasteiger partial charge on any atom is -0.477 e. The van der Waals surface area contributed by atoms with Crippen molar-refractivity contribution in [2.24, 2.45) is 0 Å². The first-order valence-electron chi connectivity index (χ1n) is 6.68. The van der Waals surface area contributed by atoms with Crippen molar-refractivity contribution in [2.45, 2.75) is 24.8 Å². The molecule has 0 aromatic carbocycles. The lowest BCUT2D eigenvalue weighted by Crippen LogP contribution is -2.69. The molecule has 0 radical (unpaired) electrons. The van der Waals surface area contributed by atoms with E-state index in [4.69, 9.17) is 12.2 Å². The van der Waals surface area contributed by atoms with Crippen LogP contribution in [0.5, 0.6) is 0 Å². The summed E-state index contributed by atoms with van der Waals surface area (Å²) in [5.74, 6) is -0.408. The largest absolute Gasteiger partial charge is 0.477 e. The number of carboxylic acids is 1. The Kier molecular flexibility index (Phi) is 4.24. The van der Waals surface area contributed by atoms with E-state index in [1.165, 1.54) is 11.3 Å². The number of carboxylic acid groups (broad SMARTS) is 1. The average molecular weight is 354 g/mol. The van der Waals surface area contributed by atoms with E-state index in [1.54, 1.807) is 23.6 Å². The summed E-state index contributed by atoms with van der Waals surface area (Å²) in [5.41, 5.74) is 1.07. The lowest BCUT2D eigenvalue weighted by atomic mass is 10.0. The lowest BCUT2D eigenvalue weighted by Gasteiger charge is -2.51. The fourth-order valence-corrected chi connectivity index (χ4v) is 5.14. The van der Waals surface area contributed by atoms with Gasteiger partial charge in [-0.05, 0) is 23.9 Å². The van der Waals surface area contributed by atoms with Crippen molar-refractivity contribution >= 4 is 52.2 Å². The van der Waals surface area contributed by atoms with E-state index < -0.39 is 5.97 Å². The molecule has 3 rings (SSSR count). The van der Waals surface area contributed by atoms with Gasteiger partial charge in [0.05, 0.1) is 6.42 Å². The van der Waals surface area contributed by atoms with Gasteiger partial charge in [-0.1, -0.05) is 18.3 Å². The molecular formula is C14H14N2O3S3. The molecule has 0 bridgehead atoms. The van der Waals surface area contributed by atoms with Crippen LogP contribution in [0.3, 0.4) is 0 Å². The van der Waals surface area contributed by atoms with Gasteiger partial charge in [-0.25, -0.2) is 4.79 Å². The van der Waals surface area contributed by atoms with Gasteiger partial charge in [0.1, 0.15) is 22.1 Å². The number of nitrogens with one attached hydrogen (secondary N) is 1. The zero-order chi connectivity index (χ0) is 15.9. The van der Waals surface area contributed by atoms with Crippen LogP contribution in [0.2, 0.25) is 0 Å². The monoisotopic (exact) mass is 354 g/mol. The normalized spacial score (nSPS) is 23.9. The number of amides is 1. The Morgan fingerprint density at radius 1 is 1.55 bits per heavy atom. The highest BCUT2D eigenvalue weighted by Gasteiger charge is 2.50. The minimum atomic E-state index is -0.964. The Morgan fingerprint density at radius 2 is 2.32 bits per heavy atom. The highest BCUT2D eigenvalue weighted by atomic mass is 32.2. The molecule has 22 heavy (non-hydrogen) atoms. The lowest BCUT2D eigenvalue weighted by molar-refractivity contribution is -0.134. The molecule has 1 amide bonds. The van der Waals surface area contributed by atoms with Crippen LogP contribution in [0.15, 0.2) is 28.8 Å². The van der Waals surface area contributed by atoms with Gasteiger partial charge in [0.15, 0.2) is 0 Å². The summed E-state index contributed by atoms with van der Waals surface area (Å²) in [6.07, 6.45) is 0.328. The molecule has 2 atom stereocenters. The zero-order valence-corrected chi connectivity index (χ0v) is 14.2. The molecule has 1 fully saturated rings. The van der Waals surface area contributed by atoms with Crippen molar-refractivity contribution in [3.63, 3.8) is 0 Å². The van der Waals surface area contributed by atoms with Crippen molar-refractivity contribution < 1.29 is 14.7 Å². The third-order valence-corrected chi connectivity index (χ3v) is 6.34. The molecule has 0 aliphatic carbocycles. The number of thiocarbonyl (C=S) groups is 1. The van der Waals surface area contributed by atoms with Crippen LogP contribution < -0.4 is 5.32 Å². The molecule has 5 nitrogen and oxygen atoms in total. The highest BCUT2D eigenvalue weighted by molar-refractivity contribution is 8.00. The SMILES string of the molecule is CC1=C(C(=O)O)N2C(=S)[C@@H](NC(=O)Cc3cccs3)C2SC1. The van der Waals surface area contributed by atoms with Gasteiger partial charge in [0, 0.05) is 10.6 Å². The summed E-state index contributed by atoms with van der Waals surface area (Å²) < 4.78 is 0. The third kappa shape index (κ3) is 2.66. The van der Waals surface area contributed by atoms with Crippen LogP contribution >= 0.6 is 35.3 Å². The van der Waals surface area contributed by atoms with Gasteiger partial charge in [-0.2, -0.15) is 0 Å². The van der Waals surface area contributed by atoms with Gasteiger partial charge >= 0.3 is 5.97 Å². The van der Waals surface area contributed by atoms with Crippen molar-refractivity contribution in [1.82, 2.24) is 10.2 Å². The maximum atomic E-state index is 12.1. The van der Waals surface area contributed by atoms with Crippen molar-refractivity contribution in [3.8, 4) is 0 Å². The molecule has 0 saturated carbocycles. The third-order valence-electron chi connectivity index (χ3n) is 3.59. The van der Waals surface area contributed by atoms with Gasteiger partial charge in [0.2, 0.25) is 5.91 Å². The smallest absolute Gasteiger partial charge is 0.352 e. The molecule has 3 heterocycles. The first-order chi connectivity index (χ1) is 10.5. The summed E-state index contributed by atoms with van der Waals surface area (Å²) >= 11 is 8.47. The van der Waals surface area contributed by atoms with Gasteiger partial charge in [0.25, 0.3) is 0 Å². The molecule has 1 unspecified atom stereocenters. The minimum absolute atomic E-state index is 0.0850. The number of thioether (sulfide) groups is 1. The molecular weight excluding hydrogens is 340 g/mol. The Morgan fingerprint density at radius 3 is 2.95 bits per heavy atom. The van der Waals surface area contributed by atoms with Crippen molar-refractivity contribution in [2.75, 3.05) is 5.75 Å². The zero-order valence-electron chi connectivity index (χ0n) is 11.7. The molecule has 1 aromatic heterocycles. The predicted octanol–water partition coefficient (Wildman–Crippen LogP) is 1.85. The first-order valence-corrected chi connectivity index (χ1v) is 9.02. The number of fused-ring (bicyclic) bond motifs is 1. The van der Waals surface area contributed by atoms with E-state index >= 15 is 0 Å². The number of nitrogens with zero attached hydrogens (tertiary/aromatic N) is 1. The summed E-state index contributed by atoms with van der Waals surface area (Å²) in [4.78, 5) is 26.6. The molecule has 1 aromatic rings. The Balaban J connectivity index is 1.68. The Bertz CT molecular complexity index is 669. The average Bonchev–Trinajstić information content (AvgIpc) is 2.97. The van der Waals surface area contributed by atoms with Gasteiger partial charge in [-0.15, -0.1) is 23.1 Å². The van der Waals surface area contributed by atoms with E-state index in [-0.39, 0.29) is 23.0 Å². The van der Waals surface area contributed by atoms with Crippen LogP contribution in [-0.4, -0.2) is 44.0 Å². The first kappa shape index (κ1) is 15.5. The summed E-state index contributed by atoms with van der Waals surface area (Å²) in [7, 11) is 0. The standard InChI is InChI=1S/C14H14N2O3S3/c1-7-6-22-13-10(12(20)16(13)11(7)14(18)19)15-9(17)5-8-3-2-4-21-8/h2-4,10,13H,5-6H2,1H3,(H,15,17)(H,18,19)/t10-,13?/m1/s1. The number of thiophene rings is 1. The van der Waals surface area contributed by atoms with Crippen LogP contribution in [0.25, 0.3) is 0 Å². The molecule has 116 valence electrons. The fraction of sp³-hybridized carbons (Fsp3) is 0.357. The Labute approximate surface area is 141 Å². The summed E-state index contributed by atoms with van der Waals surface area (Å²) in [6.45, 7) is 1.80. The van der Waals surface area contributed by atoms with Gasteiger partial charge < -0.3 is 15.3 Å². The van der Waals surface area contributed by atoms with E-state index in [2.05, 4.69) is 5.32 Å². The van der Waals surface area contributed by atoms with E-state index in [0.717, 1.165) is 10.5 Å². The highest BCUT2D eigenvalue weighted by Crippen LogP contribution is 2.40. The summed E-state index contributed by atoms with van der Waals surface area (Å²) in [6, 6.07) is 3.56. The summed E-state index contributed by atoms with van der Waals surface area (Å²) in [5, 5.41) is 14.1. The molecule has 0 spiro atoms. The predicted molar refractivity (Wildman–Crippen MR) is 91.0 cm³/mol. The second-order valence-corrected chi connectivity index (χ2v) is 7.70. The fourth-order valence-electron chi connectivity index (χ4n) is 2.57. The molecule has 2 aliphatic heterocycles. The van der Waals surface area contributed by atoms with Crippen LogP contribution in [0.1, 0.15) is 11.8 Å². The number of carbonyl (C=O) groups excluding carboxylic acids is 1. The molecule has 8 heteroatoms. The van der Waals surface area contributed by atoms with Crippen LogP contribution in [0.4, 0.5) is 0 Å². The second kappa shape index (κ2) is 6.02. The quantitative estimate of drug-likeness (QED) is 0.804. The maximum absolute atomic E-state index is 12.1. The number of hydrogen-bond acceptors (Lipinski definition) is 5. The number of aliphatic carboxylic acids is 1. The van der Waals surface area contributed by atoms with E-state index in [9.17, 15) is 14.7 Å². The molecule has 2 N–H and O–H groups in total. The number of hydrogen-bond donors (Lipinski definition) is 2. The van der Waals surface area contributed by atoms with E-state index in [1.807, 2.05) is 17.5 Å². The number of rotatable bonds is 4. The molecule has 1 saturated heterocycles.